The molecule has 0 aromatic carbocycles. The first-order valence-electron chi connectivity index (χ1n) is 5.92. The lowest BCUT2D eigenvalue weighted by molar-refractivity contribution is -0.121. The average molecular weight is 266 g/mol. The Morgan fingerprint density at radius 1 is 1.42 bits per heavy atom. The summed E-state index contributed by atoms with van der Waals surface area (Å²) in [6.07, 6.45) is 3.31. The second kappa shape index (κ2) is 5.51. The molecular formula is C11H14N4O4. The van der Waals surface area contributed by atoms with Gasteiger partial charge in [0.05, 0.1) is 6.33 Å². The monoisotopic (exact) mass is 266 g/mol. The number of carbonyl (C=O) groups excluding carboxylic acids is 2. The Balaban J connectivity index is 1.78. The van der Waals surface area contributed by atoms with Crippen molar-refractivity contribution >= 4 is 17.8 Å². The van der Waals surface area contributed by atoms with E-state index in [1.807, 2.05) is 0 Å². The van der Waals surface area contributed by atoms with Crippen LogP contribution in [0.1, 0.15) is 40.2 Å². The predicted octanol–water partition coefficient (Wildman–Crippen LogP) is -0.494. The molecule has 1 aliphatic carbocycles. The van der Waals surface area contributed by atoms with Crippen LogP contribution in [0.2, 0.25) is 0 Å². The van der Waals surface area contributed by atoms with Crippen molar-refractivity contribution in [2.75, 3.05) is 6.54 Å². The number of aromatic amines is 1. The zero-order valence-corrected chi connectivity index (χ0v) is 10.1. The molecule has 102 valence electrons. The topological polar surface area (TPSA) is 124 Å². The van der Waals surface area contributed by atoms with Gasteiger partial charge in [-0.3, -0.25) is 9.59 Å². The highest BCUT2D eigenvalue weighted by Gasteiger charge is 2.23. The van der Waals surface area contributed by atoms with Crippen LogP contribution in [0.3, 0.4) is 0 Å². The Hall–Kier alpha value is -2.38. The molecule has 4 N–H and O–H groups in total. The van der Waals surface area contributed by atoms with Gasteiger partial charge in [0.2, 0.25) is 5.91 Å². The Bertz CT molecular complexity index is 507. The van der Waals surface area contributed by atoms with Crippen molar-refractivity contribution in [3.8, 4) is 0 Å². The predicted molar refractivity (Wildman–Crippen MR) is 63.7 cm³/mol. The van der Waals surface area contributed by atoms with Crippen molar-refractivity contribution in [3.63, 3.8) is 0 Å². The molecule has 1 aliphatic rings. The average Bonchev–Trinajstić information content (AvgIpc) is 3.01. The zero-order valence-electron chi connectivity index (χ0n) is 10.1. The third-order valence-electron chi connectivity index (χ3n) is 2.65. The largest absolute Gasteiger partial charge is 0.477 e. The fourth-order valence-electron chi connectivity index (χ4n) is 1.53. The number of hydrogen-bond acceptors (Lipinski definition) is 4. The van der Waals surface area contributed by atoms with Crippen LogP contribution in [0.4, 0.5) is 0 Å². The number of carboxylic acids is 1. The number of imidazole rings is 1. The zero-order chi connectivity index (χ0) is 13.8. The number of hydrogen-bond donors (Lipinski definition) is 4. The molecule has 1 aromatic heterocycles. The number of H-pyrrole nitrogens is 1. The Morgan fingerprint density at radius 2 is 2.16 bits per heavy atom. The third-order valence-corrected chi connectivity index (χ3v) is 2.65. The van der Waals surface area contributed by atoms with Crippen molar-refractivity contribution < 1.29 is 19.5 Å². The highest BCUT2D eigenvalue weighted by molar-refractivity contribution is 6.02. The molecule has 1 saturated carbocycles. The molecule has 0 radical (unpaired) electrons. The summed E-state index contributed by atoms with van der Waals surface area (Å²) >= 11 is 0. The third kappa shape index (κ3) is 3.54. The number of nitrogens with zero attached hydrogens (tertiary/aromatic N) is 1. The van der Waals surface area contributed by atoms with Gasteiger partial charge in [-0.2, -0.15) is 0 Å². The second-order valence-corrected chi connectivity index (χ2v) is 4.28. The van der Waals surface area contributed by atoms with Gasteiger partial charge in [-0.1, -0.05) is 0 Å². The van der Waals surface area contributed by atoms with Gasteiger partial charge in [0, 0.05) is 19.0 Å². The van der Waals surface area contributed by atoms with Crippen LogP contribution in [-0.4, -0.2) is 45.4 Å². The molecular weight excluding hydrogens is 252 g/mol. The number of aromatic carboxylic acids is 1. The summed E-state index contributed by atoms with van der Waals surface area (Å²) in [5.41, 5.74) is -0.449. The van der Waals surface area contributed by atoms with E-state index in [1.54, 1.807) is 0 Å². The number of nitrogens with one attached hydrogen (secondary N) is 3. The van der Waals surface area contributed by atoms with E-state index in [1.165, 1.54) is 0 Å². The van der Waals surface area contributed by atoms with E-state index in [2.05, 4.69) is 20.6 Å². The van der Waals surface area contributed by atoms with Gasteiger partial charge in [-0.05, 0) is 12.8 Å². The Morgan fingerprint density at radius 3 is 2.79 bits per heavy atom. The maximum atomic E-state index is 11.7. The minimum Gasteiger partial charge on any atom is -0.477 e. The van der Waals surface area contributed by atoms with Gasteiger partial charge >= 0.3 is 5.97 Å². The van der Waals surface area contributed by atoms with Crippen LogP contribution in [0.25, 0.3) is 0 Å². The molecule has 19 heavy (non-hydrogen) atoms. The first kappa shape index (κ1) is 13.1. The van der Waals surface area contributed by atoms with E-state index in [-0.39, 0.29) is 36.3 Å². The summed E-state index contributed by atoms with van der Waals surface area (Å²) in [7, 11) is 0. The summed E-state index contributed by atoms with van der Waals surface area (Å²) in [6.45, 7) is 0.142. The first-order valence-corrected chi connectivity index (χ1v) is 5.92. The maximum Gasteiger partial charge on any atom is 0.354 e. The van der Waals surface area contributed by atoms with Crippen molar-refractivity contribution in [1.82, 2.24) is 20.6 Å². The van der Waals surface area contributed by atoms with Crippen molar-refractivity contribution in [2.45, 2.75) is 25.3 Å². The highest BCUT2D eigenvalue weighted by Crippen LogP contribution is 2.18. The minimum atomic E-state index is -1.26. The van der Waals surface area contributed by atoms with Gasteiger partial charge in [0.1, 0.15) is 0 Å². The second-order valence-electron chi connectivity index (χ2n) is 4.28. The van der Waals surface area contributed by atoms with E-state index >= 15 is 0 Å². The Kier molecular flexibility index (Phi) is 3.79. The molecule has 8 heteroatoms. The summed E-state index contributed by atoms with van der Waals surface area (Å²) in [5, 5.41) is 14.1. The maximum absolute atomic E-state index is 11.7. The fraction of sp³-hybridized carbons (Fsp3) is 0.455. The van der Waals surface area contributed by atoms with Crippen LogP contribution in [0, 0.1) is 0 Å². The minimum absolute atomic E-state index is 0.122. The standard InChI is InChI=1S/C11H14N4O4/c16-7(15-6-1-2-6)3-4-12-10(17)8-9(11(18)19)14-5-13-8/h5-6H,1-4H2,(H,12,17)(H,13,14)(H,15,16)(H,18,19). The number of rotatable bonds is 6. The molecule has 0 saturated heterocycles. The van der Waals surface area contributed by atoms with E-state index in [0.717, 1.165) is 19.2 Å². The van der Waals surface area contributed by atoms with Crippen LogP contribution in [0.15, 0.2) is 6.33 Å². The fourth-order valence-corrected chi connectivity index (χ4v) is 1.53. The van der Waals surface area contributed by atoms with E-state index in [9.17, 15) is 14.4 Å². The quantitative estimate of drug-likeness (QED) is 0.553. The van der Waals surface area contributed by atoms with Crippen LogP contribution >= 0.6 is 0 Å². The summed E-state index contributed by atoms with van der Waals surface area (Å²) in [6, 6.07) is 0.285. The van der Waals surface area contributed by atoms with E-state index in [4.69, 9.17) is 5.11 Å². The lowest BCUT2D eigenvalue weighted by Gasteiger charge is -2.04. The molecule has 0 unspecified atom stereocenters. The molecule has 0 bridgehead atoms. The highest BCUT2D eigenvalue weighted by atomic mass is 16.4. The number of carbonyl (C=O) groups is 3. The first-order chi connectivity index (χ1) is 9.08. The molecule has 0 aliphatic heterocycles. The van der Waals surface area contributed by atoms with Crippen molar-refractivity contribution in [2.24, 2.45) is 0 Å². The van der Waals surface area contributed by atoms with Gasteiger partial charge < -0.3 is 20.7 Å². The molecule has 0 spiro atoms. The van der Waals surface area contributed by atoms with E-state index < -0.39 is 11.9 Å². The lowest BCUT2D eigenvalue weighted by atomic mass is 10.3. The molecule has 2 rings (SSSR count). The normalized spacial score (nSPS) is 13.9. The summed E-state index contributed by atoms with van der Waals surface area (Å²) in [4.78, 5) is 39.8. The van der Waals surface area contributed by atoms with Crippen LogP contribution in [-0.2, 0) is 4.79 Å². The van der Waals surface area contributed by atoms with Gasteiger partial charge in [0.25, 0.3) is 5.91 Å². The molecule has 1 aromatic rings. The van der Waals surface area contributed by atoms with Gasteiger partial charge in [-0.15, -0.1) is 0 Å². The Labute approximate surface area is 108 Å². The van der Waals surface area contributed by atoms with Crippen LogP contribution in [0.5, 0.6) is 0 Å². The molecule has 2 amide bonds. The van der Waals surface area contributed by atoms with Gasteiger partial charge in [0.15, 0.2) is 11.4 Å². The molecule has 8 nitrogen and oxygen atoms in total. The number of amides is 2. The number of carboxylic acid groups (broad SMARTS) is 1. The smallest absolute Gasteiger partial charge is 0.354 e. The molecule has 1 fully saturated rings. The molecule has 1 heterocycles. The molecule has 0 atom stereocenters. The van der Waals surface area contributed by atoms with Crippen molar-refractivity contribution in [3.05, 3.63) is 17.7 Å². The number of aromatic nitrogens is 2. The van der Waals surface area contributed by atoms with Gasteiger partial charge in [-0.25, -0.2) is 9.78 Å². The summed E-state index contributed by atoms with van der Waals surface area (Å²) < 4.78 is 0. The van der Waals surface area contributed by atoms with E-state index in [0.29, 0.717) is 0 Å². The van der Waals surface area contributed by atoms with Crippen molar-refractivity contribution in [1.29, 1.82) is 0 Å². The SMILES string of the molecule is O=C(CCNC(=O)c1nc[nH]c1C(=O)O)NC1CC1. The summed E-state index contributed by atoms with van der Waals surface area (Å²) in [5.74, 6) is -1.99. The lowest BCUT2D eigenvalue weighted by Crippen LogP contribution is -2.32. The van der Waals surface area contributed by atoms with Crippen LogP contribution < -0.4 is 10.6 Å².